The first-order valence-corrected chi connectivity index (χ1v) is 18.8. The number of nitrogens with zero attached hydrogens (tertiary/aromatic N) is 2. The second kappa shape index (κ2) is 11.2. The SMILES string of the molecule is c1ccc(-c2ccc(-c3cc(-n4c5ccccc5c5cc6sc7ccccc7c6cc54)cc(-c4cccc5c4sc4ccccc45)n3)cc2)cc1. The molecule has 4 heterocycles. The lowest BCUT2D eigenvalue weighted by Gasteiger charge is -2.14. The van der Waals surface area contributed by atoms with Crippen molar-refractivity contribution >= 4 is 84.8 Å². The highest BCUT2D eigenvalue weighted by Crippen LogP contribution is 2.43. The van der Waals surface area contributed by atoms with Gasteiger partial charge in [0, 0.05) is 62.2 Å². The van der Waals surface area contributed by atoms with E-state index in [-0.39, 0.29) is 0 Å². The predicted octanol–water partition coefficient (Wildman–Crippen LogP) is 13.9. The molecule has 0 spiro atoms. The molecule has 11 rings (SSSR count). The Bertz CT molecular complexity index is 3130. The highest BCUT2D eigenvalue weighted by atomic mass is 32.1. The number of para-hydroxylation sites is 1. The van der Waals surface area contributed by atoms with Gasteiger partial charge in [-0.2, -0.15) is 0 Å². The van der Waals surface area contributed by atoms with Gasteiger partial charge in [0.25, 0.3) is 0 Å². The van der Waals surface area contributed by atoms with E-state index < -0.39 is 0 Å². The minimum absolute atomic E-state index is 0.952. The van der Waals surface area contributed by atoms with Gasteiger partial charge in [-0.05, 0) is 53.6 Å². The largest absolute Gasteiger partial charge is 0.309 e. The van der Waals surface area contributed by atoms with E-state index in [0.717, 1.165) is 28.2 Å². The summed E-state index contributed by atoms with van der Waals surface area (Å²) in [6.07, 6.45) is 0. The van der Waals surface area contributed by atoms with Gasteiger partial charge in [-0.1, -0.05) is 127 Å². The summed E-state index contributed by atoms with van der Waals surface area (Å²) in [5.74, 6) is 0. The van der Waals surface area contributed by atoms with Crippen LogP contribution in [-0.4, -0.2) is 9.55 Å². The average molecular weight is 685 g/mol. The molecule has 238 valence electrons. The Balaban J connectivity index is 1.20. The Morgan fingerprint density at radius 2 is 1.00 bits per heavy atom. The van der Waals surface area contributed by atoms with E-state index in [1.807, 2.05) is 22.7 Å². The molecular formula is C47H28N2S2. The van der Waals surface area contributed by atoms with Gasteiger partial charge in [-0.15, -0.1) is 22.7 Å². The quantitative estimate of drug-likeness (QED) is 0.180. The molecule has 0 fully saturated rings. The van der Waals surface area contributed by atoms with Crippen LogP contribution >= 0.6 is 22.7 Å². The molecule has 4 aromatic heterocycles. The van der Waals surface area contributed by atoms with E-state index >= 15 is 0 Å². The summed E-state index contributed by atoms with van der Waals surface area (Å²) >= 11 is 3.72. The molecule has 0 aliphatic heterocycles. The van der Waals surface area contributed by atoms with E-state index in [9.17, 15) is 0 Å². The molecule has 0 radical (unpaired) electrons. The second-order valence-electron chi connectivity index (χ2n) is 13.1. The van der Waals surface area contributed by atoms with Crippen LogP contribution < -0.4 is 0 Å². The highest BCUT2D eigenvalue weighted by Gasteiger charge is 2.19. The van der Waals surface area contributed by atoms with Gasteiger partial charge in [-0.3, -0.25) is 0 Å². The third kappa shape index (κ3) is 4.51. The lowest BCUT2D eigenvalue weighted by molar-refractivity contribution is 1.16. The predicted molar refractivity (Wildman–Crippen MR) is 221 cm³/mol. The first kappa shape index (κ1) is 28.7. The number of benzene rings is 7. The smallest absolute Gasteiger partial charge is 0.0744 e. The van der Waals surface area contributed by atoms with E-state index in [2.05, 4.69) is 174 Å². The second-order valence-corrected chi connectivity index (χ2v) is 15.3. The van der Waals surface area contributed by atoms with Crippen molar-refractivity contribution in [3.63, 3.8) is 0 Å². The first-order chi connectivity index (χ1) is 25.3. The lowest BCUT2D eigenvalue weighted by Crippen LogP contribution is -1.98. The Hall–Kier alpha value is -6.07. The van der Waals surface area contributed by atoms with Gasteiger partial charge in [0.1, 0.15) is 0 Å². The number of aromatic nitrogens is 2. The summed E-state index contributed by atoms with van der Waals surface area (Å²) in [7, 11) is 0. The minimum Gasteiger partial charge on any atom is -0.309 e. The number of rotatable bonds is 4. The van der Waals surface area contributed by atoms with Gasteiger partial charge in [0.2, 0.25) is 0 Å². The maximum Gasteiger partial charge on any atom is 0.0744 e. The van der Waals surface area contributed by atoms with Crippen LogP contribution in [0.15, 0.2) is 170 Å². The Kier molecular flexibility index (Phi) is 6.32. The average Bonchev–Trinajstić information content (AvgIpc) is 3.86. The molecule has 0 aliphatic carbocycles. The highest BCUT2D eigenvalue weighted by molar-refractivity contribution is 7.26. The Morgan fingerprint density at radius 1 is 0.373 bits per heavy atom. The van der Waals surface area contributed by atoms with Crippen LogP contribution in [0.1, 0.15) is 0 Å². The summed E-state index contributed by atoms with van der Waals surface area (Å²) in [5.41, 5.74) is 10.1. The van der Waals surface area contributed by atoms with Crippen molar-refractivity contribution in [1.29, 1.82) is 0 Å². The van der Waals surface area contributed by atoms with E-state index in [1.165, 1.54) is 73.3 Å². The Morgan fingerprint density at radius 3 is 1.82 bits per heavy atom. The molecule has 0 N–H and O–H groups in total. The monoisotopic (exact) mass is 684 g/mol. The number of pyridine rings is 1. The molecule has 51 heavy (non-hydrogen) atoms. The van der Waals surface area contributed by atoms with Gasteiger partial charge in [0.05, 0.1) is 28.1 Å². The fourth-order valence-corrected chi connectivity index (χ4v) is 10.2. The lowest BCUT2D eigenvalue weighted by atomic mass is 10.0. The standard InChI is InChI=1S/C47H28N2S2/c1-2-11-29(12-3-1)30-21-23-31(24-22-30)40-25-32(26-41(48-40)37-17-10-16-36-34-14-5-9-20-45(34)51-47(36)37)49-42-18-7-4-13-33(42)38-28-46-39(27-43(38)49)35-15-6-8-19-44(35)50-46/h1-28H. The maximum absolute atomic E-state index is 5.44. The molecule has 0 bridgehead atoms. The zero-order chi connectivity index (χ0) is 33.5. The normalized spacial score (nSPS) is 11.9. The third-order valence-corrected chi connectivity index (χ3v) is 12.6. The molecule has 0 saturated carbocycles. The van der Waals surface area contributed by atoms with Gasteiger partial charge >= 0.3 is 0 Å². The van der Waals surface area contributed by atoms with Crippen molar-refractivity contribution in [2.45, 2.75) is 0 Å². The van der Waals surface area contributed by atoms with E-state index in [1.54, 1.807) is 0 Å². The van der Waals surface area contributed by atoms with Crippen molar-refractivity contribution in [1.82, 2.24) is 9.55 Å². The third-order valence-electron chi connectivity index (χ3n) is 10.2. The number of fused-ring (bicyclic) bond motifs is 9. The van der Waals surface area contributed by atoms with Crippen LogP contribution in [0.2, 0.25) is 0 Å². The minimum atomic E-state index is 0.952. The molecule has 11 aromatic rings. The van der Waals surface area contributed by atoms with Crippen LogP contribution in [0.5, 0.6) is 0 Å². The Labute approximate surface area is 302 Å². The molecule has 0 saturated heterocycles. The van der Waals surface area contributed by atoms with Gasteiger partial charge in [0.15, 0.2) is 0 Å². The summed E-state index contributed by atoms with van der Waals surface area (Å²) in [6, 6.07) is 61.7. The van der Waals surface area contributed by atoms with Crippen LogP contribution in [0.4, 0.5) is 0 Å². The van der Waals surface area contributed by atoms with Gasteiger partial charge < -0.3 is 4.57 Å². The summed E-state index contributed by atoms with van der Waals surface area (Å²) in [5, 5.41) is 7.70. The van der Waals surface area contributed by atoms with Crippen LogP contribution in [0, 0.1) is 0 Å². The fourth-order valence-electron chi connectivity index (χ4n) is 7.81. The van der Waals surface area contributed by atoms with Crippen molar-refractivity contribution in [2.24, 2.45) is 0 Å². The molecule has 0 amide bonds. The topological polar surface area (TPSA) is 17.8 Å². The van der Waals surface area contributed by atoms with Crippen LogP contribution in [0.3, 0.4) is 0 Å². The maximum atomic E-state index is 5.44. The molecule has 7 aromatic carbocycles. The van der Waals surface area contributed by atoms with Crippen LogP contribution in [0.25, 0.3) is 101 Å². The van der Waals surface area contributed by atoms with Crippen molar-refractivity contribution in [3.05, 3.63) is 170 Å². The molecule has 0 atom stereocenters. The first-order valence-electron chi connectivity index (χ1n) is 17.2. The zero-order valence-electron chi connectivity index (χ0n) is 27.4. The number of thiophene rings is 2. The van der Waals surface area contributed by atoms with Crippen LogP contribution in [-0.2, 0) is 0 Å². The fraction of sp³-hybridized carbons (Fsp3) is 0. The molecule has 4 heteroatoms. The summed E-state index contributed by atoms with van der Waals surface area (Å²) in [4.78, 5) is 5.44. The molecule has 0 aliphatic rings. The van der Waals surface area contributed by atoms with Crippen molar-refractivity contribution in [2.75, 3.05) is 0 Å². The van der Waals surface area contributed by atoms with E-state index in [4.69, 9.17) is 4.98 Å². The van der Waals surface area contributed by atoms with Crippen molar-refractivity contribution in [3.8, 4) is 39.3 Å². The number of hydrogen-bond donors (Lipinski definition) is 0. The van der Waals surface area contributed by atoms with Crippen molar-refractivity contribution < 1.29 is 0 Å². The summed E-state index contributed by atoms with van der Waals surface area (Å²) < 4.78 is 7.65. The molecule has 2 nitrogen and oxygen atoms in total. The summed E-state index contributed by atoms with van der Waals surface area (Å²) in [6.45, 7) is 0. The molecule has 0 unspecified atom stereocenters. The number of hydrogen-bond acceptors (Lipinski definition) is 3. The molecular weight excluding hydrogens is 657 g/mol. The van der Waals surface area contributed by atoms with Gasteiger partial charge in [-0.25, -0.2) is 4.98 Å². The zero-order valence-corrected chi connectivity index (χ0v) is 29.0. The van der Waals surface area contributed by atoms with E-state index in [0.29, 0.717) is 0 Å².